The van der Waals surface area contributed by atoms with Crippen LogP contribution < -0.4 is 4.72 Å². The Kier molecular flexibility index (Phi) is 4.60. The van der Waals surface area contributed by atoms with Crippen molar-refractivity contribution in [1.29, 1.82) is 0 Å². The van der Waals surface area contributed by atoms with Crippen molar-refractivity contribution in [3.63, 3.8) is 0 Å². The molecule has 0 amide bonds. The summed E-state index contributed by atoms with van der Waals surface area (Å²) in [6.45, 7) is 1.56. The first kappa shape index (κ1) is 16.5. The summed E-state index contributed by atoms with van der Waals surface area (Å²) >= 11 is 11.6. The van der Waals surface area contributed by atoms with Gasteiger partial charge >= 0.3 is 0 Å². The number of aryl methyl sites for hydroxylation is 1. The molecule has 0 aromatic heterocycles. The third-order valence-corrected chi connectivity index (χ3v) is 4.94. The summed E-state index contributed by atoms with van der Waals surface area (Å²) in [5.74, 6) is 0. The Labute approximate surface area is 136 Å². The topological polar surface area (TPSA) is 89.3 Å². The summed E-state index contributed by atoms with van der Waals surface area (Å²) < 4.78 is 26.9. The number of benzene rings is 2. The Hall–Kier alpha value is -1.83. The van der Waals surface area contributed by atoms with E-state index in [0.29, 0.717) is 5.56 Å². The second-order valence-electron chi connectivity index (χ2n) is 4.44. The average Bonchev–Trinajstić information content (AvgIpc) is 2.43. The zero-order valence-corrected chi connectivity index (χ0v) is 13.5. The summed E-state index contributed by atoms with van der Waals surface area (Å²) in [6.07, 6.45) is 0. The van der Waals surface area contributed by atoms with Gasteiger partial charge in [0, 0.05) is 16.7 Å². The van der Waals surface area contributed by atoms with Gasteiger partial charge in [-0.2, -0.15) is 0 Å². The number of nitro benzene ring substituents is 1. The SMILES string of the molecule is Cc1ccc(NS(=O)(=O)c2cc(Cl)ccc2Cl)cc1[N+](=O)[O-]. The van der Waals surface area contributed by atoms with Crippen molar-refractivity contribution in [3.8, 4) is 0 Å². The molecule has 2 aromatic rings. The van der Waals surface area contributed by atoms with E-state index in [4.69, 9.17) is 23.2 Å². The number of sulfonamides is 1. The van der Waals surface area contributed by atoms with E-state index in [2.05, 4.69) is 4.72 Å². The third-order valence-electron chi connectivity index (χ3n) is 2.84. The van der Waals surface area contributed by atoms with Crippen LogP contribution in [0.2, 0.25) is 10.0 Å². The normalized spacial score (nSPS) is 11.2. The number of nitro groups is 1. The van der Waals surface area contributed by atoms with Crippen molar-refractivity contribution in [2.75, 3.05) is 4.72 Å². The molecule has 2 rings (SSSR count). The van der Waals surface area contributed by atoms with Crippen molar-refractivity contribution in [1.82, 2.24) is 0 Å². The molecule has 9 heteroatoms. The molecule has 22 heavy (non-hydrogen) atoms. The predicted octanol–water partition coefficient (Wildman–Crippen LogP) is 4.01. The number of hydrogen-bond acceptors (Lipinski definition) is 4. The van der Waals surface area contributed by atoms with Gasteiger partial charge in [-0.1, -0.05) is 29.3 Å². The number of nitrogens with one attached hydrogen (secondary N) is 1. The maximum absolute atomic E-state index is 12.3. The molecule has 0 heterocycles. The van der Waals surface area contributed by atoms with Gasteiger partial charge in [0.05, 0.1) is 15.6 Å². The Morgan fingerprint density at radius 3 is 2.45 bits per heavy atom. The summed E-state index contributed by atoms with van der Waals surface area (Å²) in [7, 11) is -4.01. The van der Waals surface area contributed by atoms with Gasteiger partial charge in [0.2, 0.25) is 0 Å². The van der Waals surface area contributed by atoms with Crippen LogP contribution in [0, 0.1) is 17.0 Å². The van der Waals surface area contributed by atoms with Crippen LogP contribution in [0.3, 0.4) is 0 Å². The van der Waals surface area contributed by atoms with Crippen LogP contribution >= 0.6 is 23.2 Å². The molecule has 0 radical (unpaired) electrons. The lowest BCUT2D eigenvalue weighted by atomic mass is 10.2. The smallest absolute Gasteiger partial charge is 0.274 e. The molecule has 2 aromatic carbocycles. The summed E-state index contributed by atoms with van der Waals surface area (Å²) in [5, 5.41) is 11.1. The molecule has 0 unspecified atom stereocenters. The highest BCUT2D eigenvalue weighted by molar-refractivity contribution is 7.92. The quantitative estimate of drug-likeness (QED) is 0.658. The molecule has 0 aliphatic carbocycles. The number of hydrogen-bond donors (Lipinski definition) is 1. The molecule has 0 saturated carbocycles. The van der Waals surface area contributed by atoms with E-state index in [1.807, 2.05) is 0 Å². The summed E-state index contributed by atoms with van der Waals surface area (Å²) in [5.41, 5.74) is 0.305. The number of anilines is 1. The standard InChI is InChI=1S/C13H10Cl2N2O4S/c1-8-2-4-10(7-12(8)17(18)19)16-22(20,21)13-6-9(14)3-5-11(13)15/h2-7,16H,1H3. The number of rotatable bonds is 4. The fraction of sp³-hybridized carbons (Fsp3) is 0.0769. The van der Waals surface area contributed by atoms with Crippen LogP contribution in [-0.2, 0) is 10.0 Å². The van der Waals surface area contributed by atoms with Crippen LogP contribution in [0.5, 0.6) is 0 Å². The van der Waals surface area contributed by atoms with E-state index in [9.17, 15) is 18.5 Å². The van der Waals surface area contributed by atoms with E-state index < -0.39 is 14.9 Å². The van der Waals surface area contributed by atoms with Crippen LogP contribution in [0.15, 0.2) is 41.3 Å². The molecule has 0 spiro atoms. The Bertz CT molecular complexity index is 853. The second kappa shape index (κ2) is 6.12. The van der Waals surface area contributed by atoms with Crippen LogP contribution in [0.1, 0.15) is 5.56 Å². The molecule has 0 bridgehead atoms. The van der Waals surface area contributed by atoms with Crippen LogP contribution in [0.4, 0.5) is 11.4 Å². The molecule has 0 fully saturated rings. The molecule has 0 atom stereocenters. The highest BCUT2D eigenvalue weighted by atomic mass is 35.5. The third kappa shape index (κ3) is 3.49. The van der Waals surface area contributed by atoms with Crippen LogP contribution in [0.25, 0.3) is 0 Å². The maximum atomic E-state index is 12.3. The highest BCUT2D eigenvalue weighted by Gasteiger charge is 2.20. The molecular formula is C13H10Cl2N2O4S. The Morgan fingerprint density at radius 1 is 1.14 bits per heavy atom. The molecule has 0 aliphatic heterocycles. The maximum Gasteiger partial charge on any atom is 0.274 e. The molecule has 0 aliphatic rings. The van der Waals surface area contributed by atoms with Crippen molar-refractivity contribution in [2.24, 2.45) is 0 Å². The number of nitrogens with zero attached hydrogens (tertiary/aromatic N) is 1. The average molecular weight is 361 g/mol. The van der Waals surface area contributed by atoms with Gasteiger partial charge in [0.1, 0.15) is 4.90 Å². The van der Waals surface area contributed by atoms with Gasteiger partial charge in [-0.15, -0.1) is 0 Å². The van der Waals surface area contributed by atoms with Gasteiger partial charge in [-0.3, -0.25) is 14.8 Å². The van der Waals surface area contributed by atoms with Gasteiger partial charge < -0.3 is 0 Å². The molecular weight excluding hydrogens is 351 g/mol. The van der Waals surface area contributed by atoms with Gasteiger partial charge in [0.25, 0.3) is 15.7 Å². The first-order valence-corrected chi connectivity index (χ1v) is 8.17. The minimum atomic E-state index is -4.01. The minimum Gasteiger partial charge on any atom is -0.279 e. The Balaban J connectivity index is 2.43. The first-order chi connectivity index (χ1) is 10.2. The zero-order valence-electron chi connectivity index (χ0n) is 11.2. The summed E-state index contributed by atoms with van der Waals surface area (Å²) in [4.78, 5) is 10.1. The fourth-order valence-electron chi connectivity index (χ4n) is 1.76. The predicted molar refractivity (Wildman–Crippen MR) is 85.1 cm³/mol. The van der Waals surface area contributed by atoms with Gasteiger partial charge in [0.15, 0.2) is 0 Å². The van der Waals surface area contributed by atoms with E-state index in [1.165, 1.54) is 30.3 Å². The van der Waals surface area contributed by atoms with E-state index >= 15 is 0 Å². The van der Waals surface area contributed by atoms with E-state index in [-0.39, 0.29) is 26.3 Å². The molecule has 6 nitrogen and oxygen atoms in total. The lowest BCUT2D eigenvalue weighted by Crippen LogP contribution is -2.13. The molecule has 116 valence electrons. The first-order valence-electron chi connectivity index (χ1n) is 5.93. The van der Waals surface area contributed by atoms with Gasteiger partial charge in [-0.25, -0.2) is 8.42 Å². The van der Waals surface area contributed by atoms with E-state index in [0.717, 1.165) is 6.07 Å². The second-order valence-corrected chi connectivity index (χ2v) is 6.93. The lowest BCUT2D eigenvalue weighted by Gasteiger charge is -2.10. The Morgan fingerprint density at radius 2 is 1.82 bits per heavy atom. The van der Waals surface area contributed by atoms with Gasteiger partial charge in [-0.05, 0) is 31.2 Å². The van der Waals surface area contributed by atoms with E-state index in [1.54, 1.807) is 6.92 Å². The number of halogens is 2. The molecule has 0 saturated heterocycles. The van der Waals surface area contributed by atoms with Crippen molar-refractivity contribution < 1.29 is 13.3 Å². The van der Waals surface area contributed by atoms with Crippen LogP contribution in [-0.4, -0.2) is 13.3 Å². The summed E-state index contributed by atoms with van der Waals surface area (Å²) in [6, 6.07) is 8.05. The zero-order chi connectivity index (χ0) is 16.5. The largest absolute Gasteiger partial charge is 0.279 e. The highest BCUT2D eigenvalue weighted by Crippen LogP contribution is 2.28. The van der Waals surface area contributed by atoms with Crippen molar-refractivity contribution in [3.05, 3.63) is 62.1 Å². The van der Waals surface area contributed by atoms with Crippen molar-refractivity contribution >= 4 is 44.6 Å². The monoisotopic (exact) mass is 360 g/mol. The minimum absolute atomic E-state index is 0.00138. The fourth-order valence-corrected chi connectivity index (χ4v) is 3.58. The molecule has 1 N–H and O–H groups in total. The lowest BCUT2D eigenvalue weighted by molar-refractivity contribution is -0.385. The van der Waals surface area contributed by atoms with Crippen molar-refractivity contribution in [2.45, 2.75) is 11.8 Å².